The Balaban J connectivity index is 2.33. The van der Waals surface area contributed by atoms with E-state index >= 15 is 0 Å². The first-order valence-electron chi connectivity index (χ1n) is 3.12. The number of rotatable bonds is 1. The summed E-state index contributed by atoms with van der Waals surface area (Å²) in [4.78, 5) is 10.5. The minimum atomic E-state index is 0.0336. The van der Waals surface area contributed by atoms with Crippen LogP contribution in [0.15, 0.2) is 0 Å². The van der Waals surface area contributed by atoms with E-state index in [0.717, 1.165) is 13.1 Å². The van der Waals surface area contributed by atoms with E-state index in [4.69, 9.17) is 0 Å². The maximum Gasteiger partial charge on any atom is 0.217 e. The number of hydrogen-bond donors (Lipinski definition) is 2. The van der Waals surface area contributed by atoms with Crippen LogP contribution in [0.5, 0.6) is 0 Å². The average molecular weight is 128 g/mol. The van der Waals surface area contributed by atoms with E-state index in [1.807, 2.05) is 6.92 Å². The summed E-state index contributed by atoms with van der Waals surface area (Å²) in [5, 5.41) is 5.95. The molecule has 2 N–H and O–H groups in total. The van der Waals surface area contributed by atoms with E-state index in [9.17, 15) is 4.79 Å². The van der Waals surface area contributed by atoms with Crippen LogP contribution >= 0.6 is 0 Å². The lowest BCUT2D eigenvalue weighted by molar-refractivity contribution is -0.121. The van der Waals surface area contributed by atoms with Crippen LogP contribution in [0.4, 0.5) is 0 Å². The molecular formula is C6H12N2O. The van der Waals surface area contributed by atoms with E-state index in [1.54, 1.807) is 6.92 Å². The zero-order valence-corrected chi connectivity index (χ0v) is 5.82. The second-order valence-electron chi connectivity index (χ2n) is 2.85. The highest BCUT2D eigenvalue weighted by Gasteiger charge is 2.31. The number of carbonyl (C=O) groups is 1. The van der Waals surface area contributed by atoms with Gasteiger partial charge in [-0.2, -0.15) is 0 Å². The summed E-state index contributed by atoms with van der Waals surface area (Å²) in [7, 11) is 0. The SMILES string of the molecule is CC(=O)NC1(C)CNC1. The van der Waals surface area contributed by atoms with Gasteiger partial charge in [-0.05, 0) is 6.92 Å². The van der Waals surface area contributed by atoms with Gasteiger partial charge in [-0.1, -0.05) is 0 Å². The molecule has 1 saturated heterocycles. The predicted molar refractivity (Wildman–Crippen MR) is 35.1 cm³/mol. The van der Waals surface area contributed by atoms with Crippen LogP contribution in [0, 0.1) is 0 Å². The van der Waals surface area contributed by atoms with Crippen LogP contribution in [-0.2, 0) is 4.79 Å². The maximum atomic E-state index is 10.5. The molecule has 9 heavy (non-hydrogen) atoms. The molecule has 1 heterocycles. The molecule has 0 aromatic heterocycles. The third-order valence-corrected chi connectivity index (χ3v) is 1.51. The molecule has 0 aromatic rings. The van der Waals surface area contributed by atoms with Crippen LogP contribution in [-0.4, -0.2) is 24.5 Å². The van der Waals surface area contributed by atoms with Gasteiger partial charge < -0.3 is 10.6 Å². The molecule has 1 aliphatic heterocycles. The Morgan fingerprint density at radius 2 is 2.22 bits per heavy atom. The first-order valence-corrected chi connectivity index (χ1v) is 3.12. The van der Waals surface area contributed by atoms with Gasteiger partial charge >= 0.3 is 0 Å². The van der Waals surface area contributed by atoms with Gasteiger partial charge in [-0.25, -0.2) is 0 Å². The molecule has 52 valence electrons. The van der Waals surface area contributed by atoms with Gasteiger partial charge in [0.2, 0.25) is 5.91 Å². The Labute approximate surface area is 54.8 Å². The highest BCUT2D eigenvalue weighted by Crippen LogP contribution is 2.07. The van der Waals surface area contributed by atoms with Crippen LogP contribution in [0.25, 0.3) is 0 Å². The molecule has 3 heteroatoms. The Morgan fingerprint density at radius 3 is 2.33 bits per heavy atom. The monoisotopic (exact) mass is 128 g/mol. The molecule has 0 unspecified atom stereocenters. The van der Waals surface area contributed by atoms with E-state index in [2.05, 4.69) is 10.6 Å². The van der Waals surface area contributed by atoms with Crippen LogP contribution < -0.4 is 10.6 Å². The highest BCUT2D eigenvalue weighted by atomic mass is 16.1. The van der Waals surface area contributed by atoms with Crippen molar-refractivity contribution in [1.82, 2.24) is 10.6 Å². The van der Waals surface area contributed by atoms with Crippen molar-refractivity contribution in [2.45, 2.75) is 19.4 Å². The van der Waals surface area contributed by atoms with Crippen LogP contribution in [0.2, 0.25) is 0 Å². The van der Waals surface area contributed by atoms with Crippen molar-refractivity contribution in [3.8, 4) is 0 Å². The van der Waals surface area contributed by atoms with Crippen molar-refractivity contribution in [2.24, 2.45) is 0 Å². The Hall–Kier alpha value is -0.570. The Bertz CT molecular complexity index is 129. The summed E-state index contributed by atoms with van der Waals surface area (Å²) in [6.07, 6.45) is 0. The zero-order chi connectivity index (χ0) is 6.91. The molecule has 0 spiro atoms. The standard InChI is InChI=1S/C6H12N2O/c1-5(9)8-6(2)3-7-4-6/h7H,3-4H2,1-2H3,(H,8,9). The predicted octanol–water partition coefficient (Wildman–Crippen LogP) is -0.516. The fourth-order valence-corrected chi connectivity index (χ4v) is 1.01. The first-order chi connectivity index (χ1) is 4.12. The summed E-state index contributed by atoms with van der Waals surface area (Å²) in [5.74, 6) is 0.0546. The van der Waals surface area contributed by atoms with Crippen molar-refractivity contribution < 1.29 is 4.79 Å². The number of hydrogen-bond acceptors (Lipinski definition) is 2. The molecule has 3 nitrogen and oxygen atoms in total. The number of carbonyl (C=O) groups excluding carboxylic acids is 1. The van der Waals surface area contributed by atoms with Gasteiger partial charge in [0.05, 0.1) is 5.54 Å². The molecule has 0 aliphatic carbocycles. The van der Waals surface area contributed by atoms with E-state index < -0.39 is 0 Å². The molecule has 1 rings (SSSR count). The molecule has 1 aliphatic rings. The van der Waals surface area contributed by atoms with Gasteiger partial charge in [-0.15, -0.1) is 0 Å². The third-order valence-electron chi connectivity index (χ3n) is 1.51. The van der Waals surface area contributed by atoms with Gasteiger partial charge in [0.15, 0.2) is 0 Å². The topological polar surface area (TPSA) is 41.1 Å². The maximum absolute atomic E-state index is 10.5. The quantitative estimate of drug-likeness (QED) is 0.499. The van der Waals surface area contributed by atoms with Crippen molar-refractivity contribution >= 4 is 5.91 Å². The first kappa shape index (κ1) is 6.55. The molecule has 1 fully saturated rings. The second-order valence-corrected chi connectivity index (χ2v) is 2.85. The molecule has 1 amide bonds. The largest absolute Gasteiger partial charge is 0.349 e. The normalized spacial score (nSPS) is 22.4. The highest BCUT2D eigenvalue weighted by molar-refractivity contribution is 5.74. The van der Waals surface area contributed by atoms with Crippen LogP contribution in [0.3, 0.4) is 0 Å². The Kier molecular flexibility index (Phi) is 1.45. The summed E-state index contributed by atoms with van der Waals surface area (Å²) >= 11 is 0. The summed E-state index contributed by atoms with van der Waals surface area (Å²) in [5.41, 5.74) is 0.0336. The zero-order valence-electron chi connectivity index (χ0n) is 5.82. The van der Waals surface area contributed by atoms with Gasteiger partial charge in [0.25, 0.3) is 0 Å². The lowest BCUT2D eigenvalue weighted by Gasteiger charge is -2.39. The minimum absolute atomic E-state index is 0.0336. The summed E-state index contributed by atoms with van der Waals surface area (Å²) in [6, 6.07) is 0. The Morgan fingerprint density at radius 1 is 1.67 bits per heavy atom. The molecule has 0 saturated carbocycles. The van der Waals surface area contributed by atoms with Crippen LogP contribution in [0.1, 0.15) is 13.8 Å². The summed E-state index contributed by atoms with van der Waals surface area (Å²) in [6.45, 7) is 5.37. The molecular weight excluding hydrogens is 116 g/mol. The molecule has 0 atom stereocenters. The fourth-order valence-electron chi connectivity index (χ4n) is 1.01. The summed E-state index contributed by atoms with van der Waals surface area (Å²) < 4.78 is 0. The van der Waals surface area contributed by atoms with E-state index in [0.29, 0.717) is 0 Å². The molecule has 0 aromatic carbocycles. The minimum Gasteiger partial charge on any atom is -0.349 e. The van der Waals surface area contributed by atoms with Crippen molar-refractivity contribution in [3.05, 3.63) is 0 Å². The van der Waals surface area contributed by atoms with Crippen molar-refractivity contribution in [2.75, 3.05) is 13.1 Å². The van der Waals surface area contributed by atoms with E-state index in [1.165, 1.54) is 0 Å². The van der Waals surface area contributed by atoms with Gasteiger partial charge in [0.1, 0.15) is 0 Å². The molecule has 0 radical (unpaired) electrons. The second kappa shape index (κ2) is 1.99. The average Bonchev–Trinajstić information content (AvgIpc) is 1.60. The fraction of sp³-hybridized carbons (Fsp3) is 0.833. The third kappa shape index (κ3) is 1.42. The van der Waals surface area contributed by atoms with Crippen molar-refractivity contribution in [1.29, 1.82) is 0 Å². The van der Waals surface area contributed by atoms with Crippen molar-refractivity contribution in [3.63, 3.8) is 0 Å². The lowest BCUT2D eigenvalue weighted by atomic mass is 9.95. The smallest absolute Gasteiger partial charge is 0.217 e. The van der Waals surface area contributed by atoms with E-state index in [-0.39, 0.29) is 11.4 Å². The van der Waals surface area contributed by atoms with Gasteiger partial charge in [-0.3, -0.25) is 4.79 Å². The number of amides is 1. The lowest BCUT2D eigenvalue weighted by Crippen LogP contribution is -2.66. The molecule has 0 bridgehead atoms. The van der Waals surface area contributed by atoms with Gasteiger partial charge in [0, 0.05) is 20.0 Å². The number of nitrogens with one attached hydrogen (secondary N) is 2.